The molecule has 1 heterocycles. The van der Waals surface area contributed by atoms with Crippen LogP contribution in [-0.4, -0.2) is 16.5 Å². The van der Waals surface area contributed by atoms with Gasteiger partial charge in [0.1, 0.15) is 18.6 Å². The number of nitrogens with zero attached hydrogens (tertiary/aromatic N) is 2. The number of halogens is 4. The van der Waals surface area contributed by atoms with E-state index in [2.05, 4.69) is 36.8 Å². The van der Waals surface area contributed by atoms with Crippen LogP contribution < -0.4 is 9.47 Å². The van der Waals surface area contributed by atoms with Gasteiger partial charge in [0, 0.05) is 24.3 Å². The second-order valence-electron chi connectivity index (χ2n) is 4.23. The van der Waals surface area contributed by atoms with E-state index in [1.807, 2.05) is 0 Å². The van der Waals surface area contributed by atoms with E-state index in [-0.39, 0.29) is 27.4 Å². The van der Waals surface area contributed by atoms with Gasteiger partial charge < -0.3 is 9.47 Å². The monoisotopic (exact) mass is 496 g/mol. The lowest BCUT2D eigenvalue weighted by molar-refractivity contribution is -0.385. The maximum atomic E-state index is 10.6. The van der Waals surface area contributed by atoms with E-state index in [1.54, 1.807) is 18.2 Å². The van der Waals surface area contributed by atoms with Crippen LogP contribution in [0.1, 0.15) is 0 Å². The lowest BCUT2D eigenvalue weighted by Crippen LogP contribution is -1.96. The third-order valence-corrected chi connectivity index (χ3v) is 3.81. The Morgan fingerprint density at radius 3 is 2.46 bits per heavy atom. The molecule has 24 heavy (non-hydrogen) atoms. The van der Waals surface area contributed by atoms with Crippen LogP contribution in [-0.2, 0) is 0 Å². The van der Waals surface area contributed by atoms with Gasteiger partial charge in [-0.2, -0.15) is 0 Å². The zero-order valence-corrected chi connectivity index (χ0v) is 16.4. The summed E-state index contributed by atoms with van der Waals surface area (Å²) in [5, 5.41) is 11.0. The minimum Gasteiger partial charge on any atom is -0.489 e. The molecule has 10 heteroatoms. The number of aromatic nitrogens is 1. The second kappa shape index (κ2) is 8.66. The second-order valence-corrected chi connectivity index (χ2v) is 7.82. The molecule has 0 saturated carbocycles. The maximum absolute atomic E-state index is 10.6. The minimum atomic E-state index is -0.553. The molecule has 0 amide bonds. The number of benzene rings is 1. The van der Waals surface area contributed by atoms with Gasteiger partial charge in [0.25, 0.3) is 5.69 Å². The fourth-order valence-corrected chi connectivity index (χ4v) is 2.37. The van der Waals surface area contributed by atoms with Crippen molar-refractivity contribution in [2.45, 2.75) is 0 Å². The normalized spacial score (nSPS) is 10.2. The lowest BCUT2D eigenvalue weighted by Gasteiger charge is -2.11. The molecule has 1 aromatic carbocycles. The van der Waals surface area contributed by atoms with Gasteiger partial charge in [-0.3, -0.25) is 10.1 Å². The summed E-state index contributed by atoms with van der Waals surface area (Å²) in [6.45, 7) is 0.308. The highest BCUT2D eigenvalue weighted by Gasteiger charge is 2.13. The van der Waals surface area contributed by atoms with Gasteiger partial charge >= 0.3 is 0 Å². The average Bonchev–Trinajstić information content (AvgIpc) is 2.51. The number of ether oxygens (including phenoxy) is 2. The average molecular weight is 499 g/mol. The van der Waals surface area contributed by atoms with Crippen molar-refractivity contribution in [3.05, 3.63) is 60.1 Å². The molecule has 0 radical (unpaired) electrons. The summed E-state index contributed by atoms with van der Waals surface area (Å²) in [5.74, 6) is 0.778. The van der Waals surface area contributed by atoms with Crippen LogP contribution in [0, 0.1) is 10.1 Å². The first-order chi connectivity index (χ1) is 11.4. The van der Waals surface area contributed by atoms with Gasteiger partial charge in [0.15, 0.2) is 5.75 Å². The quantitative estimate of drug-likeness (QED) is 0.355. The molecule has 0 aliphatic rings. The molecular weight excluding hydrogens is 491 g/mol. The largest absolute Gasteiger partial charge is 0.489 e. The smallest absolute Gasteiger partial charge is 0.287 e. The fourth-order valence-electron chi connectivity index (χ4n) is 1.56. The van der Waals surface area contributed by atoms with Crippen molar-refractivity contribution >= 4 is 60.7 Å². The van der Waals surface area contributed by atoms with Crippen molar-refractivity contribution in [3.8, 4) is 17.4 Å². The summed E-state index contributed by atoms with van der Waals surface area (Å²) in [4.78, 5) is 13.9. The van der Waals surface area contributed by atoms with Crippen molar-refractivity contribution in [1.82, 2.24) is 4.98 Å². The molecule has 0 aliphatic heterocycles. The number of rotatable bonds is 6. The third kappa shape index (κ3) is 5.34. The Balaban J connectivity index is 2.15. The zero-order valence-electron chi connectivity index (χ0n) is 11.7. The minimum absolute atomic E-state index is 0.129. The molecule has 126 valence electrons. The molecule has 1 aromatic heterocycles. The predicted molar refractivity (Wildman–Crippen MR) is 98.9 cm³/mol. The molecule has 0 N–H and O–H groups in total. The van der Waals surface area contributed by atoms with Gasteiger partial charge in [-0.1, -0.05) is 23.2 Å². The summed E-state index contributed by atoms with van der Waals surface area (Å²) in [5.41, 5.74) is -0.144. The Morgan fingerprint density at radius 2 is 1.96 bits per heavy atom. The highest BCUT2D eigenvalue weighted by Crippen LogP contribution is 2.39. The first-order valence-corrected chi connectivity index (χ1v) is 8.62. The van der Waals surface area contributed by atoms with Crippen molar-refractivity contribution < 1.29 is 14.4 Å². The van der Waals surface area contributed by atoms with Gasteiger partial charge in [0.05, 0.1) is 18.4 Å². The first-order valence-electron chi connectivity index (χ1n) is 6.28. The Bertz CT molecular complexity index is 758. The molecule has 6 nitrogen and oxygen atoms in total. The summed E-state index contributed by atoms with van der Waals surface area (Å²) < 4.78 is 11.7. The van der Waals surface area contributed by atoms with Gasteiger partial charge in [0.2, 0.25) is 5.88 Å². The molecule has 0 bridgehead atoms. The molecule has 0 fully saturated rings. The standard InChI is InChI=1S/C14H8Br2Cl2N2O4/c15-12(16)3-4-23-9-5-10(17)14(11(18)6-9)24-13-2-1-8(7-19-13)20(21)22/h1-3,5-7H,4H2. The molecule has 2 rings (SSSR count). The Morgan fingerprint density at radius 1 is 1.29 bits per heavy atom. The van der Waals surface area contributed by atoms with Crippen LogP contribution in [0.2, 0.25) is 10.0 Å². The highest BCUT2D eigenvalue weighted by molar-refractivity contribution is 9.28. The Labute approximate surface area is 163 Å². The van der Waals surface area contributed by atoms with Gasteiger partial charge in [-0.15, -0.1) is 0 Å². The van der Waals surface area contributed by atoms with Crippen LogP contribution in [0.3, 0.4) is 0 Å². The van der Waals surface area contributed by atoms with Crippen molar-refractivity contribution in [2.24, 2.45) is 0 Å². The van der Waals surface area contributed by atoms with Crippen LogP contribution in [0.15, 0.2) is 39.9 Å². The summed E-state index contributed by atoms with van der Waals surface area (Å²) in [6, 6.07) is 5.72. The van der Waals surface area contributed by atoms with Crippen molar-refractivity contribution in [1.29, 1.82) is 0 Å². The van der Waals surface area contributed by atoms with Crippen molar-refractivity contribution in [2.75, 3.05) is 6.61 Å². The topological polar surface area (TPSA) is 74.5 Å². The van der Waals surface area contributed by atoms with Crippen molar-refractivity contribution in [3.63, 3.8) is 0 Å². The van der Waals surface area contributed by atoms with E-state index in [1.165, 1.54) is 12.1 Å². The van der Waals surface area contributed by atoms with E-state index in [4.69, 9.17) is 32.7 Å². The van der Waals surface area contributed by atoms with E-state index >= 15 is 0 Å². The van der Waals surface area contributed by atoms with Crippen LogP contribution in [0.5, 0.6) is 17.4 Å². The lowest BCUT2D eigenvalue weighted by atomic mass is 10.3. The van der Waals surface area contributed by atoms with E-state index in [0.717, 1.165) is 9.59 Å². The molecule has 0 unspecified atom stereocenters. The number of hydrogen-bond donors (Lipinski definition) is 0. The molecule has 2 aromatic rings. The Kier molecular flexibility index (Phi) is 6.85. The predicted octanol–water partition coefficient (Wildman–Crippen LogP) is 6.10. The Hall–Kier alpha value is -1.35. The van der Waals surface area contributed by atoms with Crippen LogP contribution >= 0.6 is 55.1 Å². The molecule has 0 aliphatic carbocycles. The van der Waals surface area contributed by atoms with E-state index < -0.39 is 4.92 Å². The number of nitro groups is 1. The fraction of sp³-hybridized carbons (Fsp3) is 0.0714. The summed E-state index contributed by atoms with van der Waals surface area (Å²) in [6.07, 6.45) is 2.84. The molecule has 0 saturated heterocycles. The SMILES string of the molecule is O=[N+]([O-])c1ccc(Oc2c(Cl)cc(OCC=C(Br)Br)cc2Cl)nc1. The molecule has 0 spiro atoms. The van der Waals surface area contributed by atoms with Crippen LogP contribution in [0.4, 0.5) is 5.69 Å². The van der Waals surface area contributed by atoms with E-state index in [0.29, 0.717) is 12.4 Å². The molecular formula is C14H8Br2Cl2N2O4. The maximum Gasteiger partial charge on any atom is 0.287 e. The first kappa shape index (κ1) is 19.0. The number of hydrogen-bond acceptors (Lipinski definition) is 5. The highest BCUT2D eigenvalue weighted by atomic mass is 79.9. The van der Waals surface area contributed by atoms with Gasteiger partial charge in [-0.05, 0) is 37.9 Å². The zero-order chi connectivity index (χ0) is 17.7. The van der Waals surface area contributed by atoms with Crippen LogP contribution in [0.25, 0.3) is 0 Å². The summed E-state index contributed by atoms with van der Waals surface area (Å²) >= 11 is 18.7. The summed E-state index contributed by atoms with van der Waals surface area (Å²) in [7, 11) is 0. The molecule has 0 atom stereocenters. The third-order valence-electron chi connectivity index (χ3n) is 2.60. The van der Waals surface area contributed by atoms with Gasteiger partial charge in [-0.25, -0.2) is 4.98 Å². The number of pyridine rings is 1. The van der Waals surface area contributed by atoms with E-state index in [9.17, 15) is 10.1 Å².